The summed E-state index contributed by atoms with van der Waals surface area (Å²) in [7, 11) is 0. The number of hydrogen-bond donors (Lipinski definition) is 0. The van der Waals surface area contributed by atoms with Crippen LogP contribution in [0.5, 0.6) is 11.5 Å². The van der Waals surface area contributed by atoms with Gasteiger partial charge in [-0.1, -0.05) is 6.07 Å². The highest BCUT2D eigenvalue weighted by atomic mass is 16.7. The van der Waals surface area contributed by atoms with Gasteiger partial charge < -0.3 is 19.1 Å². The average molecular weight is 307 g/mol. The number of carbonyl (C=O) groups is 1. The molecule has 0 saturated heterocycles. The first-order chi connectivity index (χ1) is 10.3. The van der Waals surface area contributed by atoms with Crippen molar-refractivity contribution in [1.82, 2.24) is 4.90 Å². The van der Waals surface area contributed by atoms with Crippen LogP contribution in [0.4, 0.5) is 4.79 Å². The second-order valence-corrected chi connectivity index (χ2v) is 6.51. The maximum Gasteiger partial charge on any atom is 0.410 e. The number of likely N-dealkylation sites (N-methyl/N-ethyl adjacent to an activating group) is 1. The summed E-state index contributed by atoms with van der Waals surface area (Å²) < 4.78 is 16.2. The molecule has 0 saturated carbocycles. The third-order valence-electron chi connectivity index (χ3n) is 3.47. The summed E-state index contributed by atoms with van der Waals surface area (Å²) in [5.41, 5.74) is 0.627. The second kappa shape index (κ2) is 6.46. The molecule has 1 aliphatic heterocycles. The van der Waals surface area contributed by atoms with Crippen molar-refractivity contribution in [2.75, 3.05) is 13.3 Å². The molecule has 1 heterocycles. The average Bonchev–Trinajstić information content (AvgIpc) is 2.84. The van der Waals surface area contributed by atoms with Crippen LogP contribution in [0.3, 0.4) is 0 Å². The van der Waals surface area contributed by atoms with Crippen molar-refractivity contribution in [3.63, 3.8) is 0 Å². The lowest BCUT2D eigenvalue weighted by Gasteiger charge is -2.31. The first-order valence-electron chi connectivity index (χ1n) is 7.68. The Labute approximate surface area is 132 Å². The van der Waals surface area contributed by atoms with Crippen LogP contribution in [-0.2, 0) is 11.2 Å². The molecular weight excluding hydrogens is 282 g/mol. The highest BCUT2D eigenvalue weighted by Gasteiger charge is 2.25. The number of amides is 1. The molecule has 0 bridgehead atoms. The number of carbonyl (C=O) groups excluding carboxylic acids is 1. The third-order valence-corrected chi connectivity index (χ3v) is 3.47. The van der Waals surface area contributed by atoms with E-state index < -0.39 is 5.60 Å². The minimum atomic E-state index is -0.483. The van der Waals surface area contributed by atoms with Crippen molar-refractivity contribution >= 4 is 6.09 Å². The Morgan fingerprint density at radius 1 is 1.32 bits per heavy atom. The van der Waals surface area contributed by atoms with Gasteiger partial charge in [-0.15, -0.1) is 0 Å². The van der Waals surface area contributed by atoms with Gasteiger partial charge in [0.05, 0.1) is 0 Å². The molecule has 0 radical (unpaired) electrons. The predicted molar refractivity (Wildman–Crippen MR) is 84.3 cm³/mol. The van der Waals surface area contributed by atoms with E-state index in [-0.39, 0.29) is 18.9 Å². The van der Waals surface area contributed by atoms with E-state index in [0.717, 1.165) is 23.5 Å². The monoisotopic (exact) mass is 307 g/mol. The summed E-state index contributed by atoms with van der Waals surface area (Å²) in [4.78, 5) is 14.0. The first-order valence-corrected chi connectivity index (χ1v) is 7.68. The highest BCUT2D eigenvalue weighted by molar-refractivity contribution is 5.68. The zero-order valence-electron chi connectivity index (χ0n) is 14.0. The minimum absolute atomic E-state index is 0.0419. The third kappa shape index (κ3) is 4.06. The van der Waals surface area contributed by atoms with Gasteiger partial charge in [-0.05, 0) is 58.7 Å². The molecule has 0 fully saturated rings. The van der Waals surface area contributed by atoms with Crippen LogP contribution >= 0.6 is 0 Å². The van der Waals surface area contributed by atoms with Crippen molar-refractivity contribution in [2.24, 2.45) is 0 Å². The second-order valence-electron chi connectivity index (χ2n) is 6.51. The van der Waals surface area contributed by atoms with Crippen molar-refractivity contribution in [1.29, 1.82) is 0 Å². The Hall–Kier alpha value is -1.91. The van der Waals surface area contributed by atoms with E-state index in [9.17, 15) is 4.79 Å². The van der Waals surface area contributed by atoms with Gasteiger partial charge in [0, 0.05) is 12.6 Å². The quantitative estimate of drug-likeness (QED) is 0.852. The molecule has 22 heavy (non-hydrogen) atoms. The van der Waals surface area contributed by atoms with Crippen LogP contribution in [0.2, 0.25) is 0 Å². The van der Waals surface area contributed by atoms with Gasteiger partial charge in [0.1, 0.15) is 5.60 Å². The van der Waals surface area contributed by atoms with Crippen LogP contribution in [0.25, 0.3) is 0 Å². The lowest BCUT2D eigenvalue weighted by Crippen LogP contribution is -2.42. The lowest BCUT2D eigenvalue weighted by atomic mass is 10.1. The number of ether oxygens (including phenoxy) is 3. The van der Waals surface area contributed by atoms with E-state index in [2.05, 4.69) is 0 Å². The SMILES string of the molecule is CCN(C(=O)OC(C)(C)C)C(C)Cc1ccc2c(c1)OCO2. The van der Waals surface area contributed by atoms with Gasteiger partial charge in [0.2, 0.25) is 6.79 Å². The van der Waals surface area contributed by atoms with Crippen LogP contribution in [0.1, 0.15) is 40.2 Å². The fraction of sp³-hybridized carbons (Fsp3) is 0.588. The van der Waals surface area contributed by atoms with Gasteiger partial charge in [-0.25, -0.2) is 4.79 Å². The molecule has 5 heteroatoms. The first kappa shape index (κ1) is 16.5. The zero-order chi connectivity index (χ0) is 16.3. The van der Waals surface area contributed by atoms with Gasteiger partial charge in [0.25, 0.3) is 0 Å². The Balaban J connectivity index is 2.03. The standard InChI is InChI=1S/C17H25NO4/c1-6-18(16(19)22-17(3,4)5)12(2)9-13-7-8-14-15(10-13)21-11-20-14/h7-8,10,12H,6,9,11H2,1-5H3. The molecule has 2 rings (SSSR count). The topological polar surface area (TPSA) is 48.0 Å². The van der Waals surface area contributed by atoms with Crippen LogP contribution in [0.15, 0.2) is 18.2 Å². The smallest absolute Gasteiger partial charge is 0.410 e. The van der Waals surface area contributed by atoms with Crippen LogP contribution < -0.4 is 9.47 Å². The van der Waals surface area contributed by atoms with E-state index in [0.29, 0.717) is 6.54 Å². The molecule has 0 aliphatic carbocycles. The van der Waals surface area contributed by atoms with Crippen molar-refractivity contribution in [3.8, 4) is 11.5 Å². The van der Waals surface area contributed by atoms with Crippen LogP contribution in [-0.4, -0.2) is 36.0 Å². The normalized spacial score (nSPS) is 14.6. The van der Waals surface area contributed by atoms with Gasteiger partial charge in [0.15, 0.2) is 11.5 Å². The van der Waals surface area contributed by atoms with E-state index in [1.807, 2.05) is 52.8 Å². The molecule has 0 aromatic heterocycles. The largest absolute Gasteiger partial charge is 0.454 e. The Bertz CT molecular complexity index is 536. The summed E-state index contributed by atoms with van der Waals surface area (Å²) >= 11 is 0. The molecule has 1 aromatic rings. The van der Waals surface area contributed by atoms with Gasteiger partial charge in [-0.2, -0.15) is 0 Å². The Morgan fingerprint density at radius 3 is 2.64 bits per heavy atom. The van der Waals surface area contributed by atoms with E-state index in [4.69, 9.17) is 14.2 Å². The lowest BCUT2D eigenvalue weighted by molar-refractivity contribution is 0.0189. The fourth-order valence-electron chi connectivity index (χ4n) is 2.46. The van der Waals surface area contributed by atoms with E-state index >= 15 is 0 Å². The molecular formula is C17H25NO4. The predicted octanol–water partition coefficient (Wildman–Crippen LogP) is 3.60. The Morgan fingerprint density at radius 2 is 2.00 bits per heavy atom. The van der Waals surface area contributed by atoms with Crippen molar-refractivity contribution in [2.45, 2.75) is 52.7 Å². The van der Waals surface area contributed by atoms with E-state index in [1.54, 1.807) is 4.90 Å². The maximum absolute atomic E-state index is 12.3. The molecule has 0 spiro atoms. The molecule has 1 aliphatic rings. The number of nitrogens with zero attached hydrogens (tertiary/aromatic N) is 1. The maximum atomic E-state index is 12.3. The summed E-state index contributed by atoms with van der Waals surface area (Å²) in [6.07, 6.45) is 0.465. The summed E-state index contributed by atoms with van der Waals surface area (Å²) in [5, 5.41) is 0. The van der Waals surface area contributed by atoms with Crippen molar-refractivity contribution in [3.05, 3.63) is 23.8 Å². The van der Waals surface area contributed by atoms with Crippen LogP contribution in [0, 0.1) is 0 Å². The molecule has 1 atom stereocenters. The van der Waals surface area contributed by atoms with Gasteiger partial charge >= 0.3 is 6.09 Å². The van der Waals surface area contributed by atoms with Gasteiger partial charge in [-0.3, -0.25) is 0 Å². The minimum Gasteiger partial charge on any atom is -0.454 e. The molecule has 5 nitrogen and oxygen atoms in total. The molecule has 122 valence electrons. The molecule has 1 amide bonds. The molecule has 1 unspecified atom stereocenters. The molecule has 0 N–H and O–H groups in total. The zero-order valence-corrected chi connectivity index (χ0v) is 14.0. The van der Waals surface area contributed by atoms with E-state index in [1.165, 1.54) is 0 Å². The number of fused-ring (bicyclic) bond motifs is 1. The number of rotatable bonds is 4. The number of benzene rings is 1. The highest BCUT2D eigenvalue weighted by Crippen LogP contribution is 2.33. The Kier molecular flexibility index (Phi) is 4.84. The number of hydrogen-bond acceptors (Lipinski definition) is 4. The van der Waals surface area contributed by atoms with Crippen molar-refractivity contribution < 1.29 is 19.0 Å². The summed E-state index contributed by atoms with van der Waals surface area (Å²) in [6.45, 7) is 10.5. The fourth-order valence-corrected chi connectivity index (χ4v) is 2.46. The summed E-state index contributed by atoms with van der Waals surface area (Å²) in [5.74, 6) is 1.54. The molecule has 1 aromatic carbocycles. The summed E-state index contributed by atoms with van der Waals surface area (Å²) in [6, 6.07) is 5.93.